The van der Waals surface area contributed by atoms with E-state index < -0.39 is 97.5 Å². The molecule has 0 heterocycles. The molecule has 0 aliphatic heterocycles. The molecule has 0 amide bonds. The lowest BCUT2D eigenvalue weighted by molar-refractivity contribution is -0.161. The van der Waals surface area contributed by atoms with Crippen LogP contribution in [0.1, 0.15) is 310 Å². The smallest absolute Gasteiger partial charge is 0.462 e. The fourth-order valence-electron chi connectivity index (χ4n) is 10.1. The number of rotatable bonds is 73. The molecule has 3 N–H and O–H groups in total. The van der Waals surface area contributed by atoms with Crippen LogP contribution in [-0.2, 0) is 65.4 Å². The average molecular weight is 1470 g/mol. The van der Waals surface area contributed by atoms with Crippen LogP contribution in [0, 0.1) is 0 Å². The fraction of sp³-hybridized carbons (Fsp3) is 0.687. The van der Waals surface area contributed by atoms with Crippen LogP contribution in [0.25, 0.3) is 0 Å². The summed E-state index contributed by atoms with van der Waals surface area (Å²) in [4.78, 5) is 73.0. The number of hydrogen-bond acceptors (Lipinski definition) is 15. The highest BCUT2D eigenvalue weighted by Gasteiger charge is 2.30. The molecular weight excluding hydrogens is 1330 g/mol. The molecule has 0 spiro atoms. The number of aliphatic hydroxyl groups is 1. The summed E-state index contributed by atoms with van der Waals surface area (Å²) in [5.74, 6) is -2.25. The number of esters is 4. The number of phosphoric ester groups is 2. The van der Waals surface area contributed by atoms with Gasteiger partial charge < -0.3 is 33.8 Å². The van der Waals surface area contributed by atoms with Gasteiger partial charge in [0.05, 0.1) is 26.4 Å². The van der Waals surface area contributed by atoms with Crippen LogP contribution in [0.4, 0.5) is 0 Å². The molecule has 584 valence electrons. The van der Waals surface area contributed by atoms with Crippen molar-refractivity contribution >= 4 is 39.5 Å². The van der Waals surface area contributed by atoms with E-state index in [-0.39, 0.29) is 25.7 Å². The van der Waals surface area contributed by atoms with E-state index in [0.29, 0.717) is 25.7 Å². The standard InChI is InChI=1S/C83H140O17P2/c1-5-9-13-17-21-25-29-33-36-37-38-39-42-45-48-52-56-60-64-68-81(86)94-74-79(100-83(88)70-66-62-58-54-50-46-41-35-31-27-23-19-15-11-7-3)76-98-102(91,92)96-72-77(84)71-95-101(89,90)97-75-78(99-82(87)69-65-61-57-53-49-43-32-28-24-20-16-12-8-4)73-93-80(85)67-63-59-55-51-47-44-40-34-30-26-22-18-14-10-6-2/h9,11,13,15-16,20-21,23,25,27-28,32-36,38-41,45,48,77-79,84H,5-8,10,12,14,17-19,22,24,26,29-31,37,42-44,46-47,49-76H2,1-4H3,(H,89,90)(H,91,92)/b13-9-,15-11-,20-16-,25-21-,27-23-,32-28-,36-33-,39-38-,40-34-,41-35-,48-45-. The molecule has 19 heteroatoms. The molecule has 0 rings (SSSR count). The van der Waals surface area contributed by atoms with Gasteiger partial charge in [-0.05, 0) is 154 Å². The second-order valence-electron chi connectivity index (χ2n) is 25.9. The highest BCUT2D eigenvalue weighted by atomic mass is 31.2. The molecule has 0 saturated carbocycles. The van der Waals surface area contributed by atoms with Gasteiger partial charge in [0, 0.05) is 25.7 Å². The van der Waals surface area contributed by atoms with Crippen molar-refractivity contribution < 1.29 is 80.2 Å². The van der Waals surface area contributed by atoms with Crippen LogP contribution >= 0.6 is 15.6 Å². The van der Waals surface area contributed by atoms with Crippen LogP contribution < -0.4 is 0 Å². The molecule has 0 aromatic rings. The molecule has 0 aromatic carbocycles. The van der Waals surface area contributed by atoms with Gasteiger partial charge in [-0.1, -0.05) is 264 Å². The molecule has 5 atom stereocenters. The number of hydrogen-bond donors (Lipinski definition) is 3. The number of phosphoric acid groups is 2. The normalized spacial score (nSPS) is 14.6. The first-order valence-electron chi connectivity index (χ1n) is 39.4. The summed E-state index contributed by atoms with van der Waals surface area (Å²) in [7, 11) is -9.98. The van der Waals surface area contributed by atoms with Gasteiger partial charge in [0.15, 0.2) is 12.2 Å². The van der Waals surface area contributed by atoms with Gasteiger partial charge in [-0.3, -0.25) is 37.3 Å². The number of unbranched alkanes of at least 4 members (excludes halogenated alkanes) is 25. The lowest BCUT2D eigenvalue weighted by Gasteiger charge is -2.21. The summed E-state index contributed by atoms with van der Waals surface area (Å²) >= 11 is 0. The predicted octanol–water partition coefficient (Wildman–Crippen LogP) is 22.9. The van der Waals surface area contributed by atoms with Gasteiger partial charge >= 0.3 is 39.5 Å². The zero-order valence-corrected chi connectivity index (χ0v) is 65.5. The van der Waals surface area contributed by atoms with E-state index in [4.69, 9.17) is 37.0 Å². The maximum Gasteiger partial charge on any atom is 0.472 e. The zero-order valence-electron chi connectivity index (χ0n) is 63.7. The van der Waals surface area contributed by atoms with Crippen molar-refractivity contribution in [2.75, 3.05) is 39.6 Å². The van der Waals surface area contributed by atoms with E-state index in [2.05, 4.69) is 161 Å². The molecule has 0 aliphatic rings. The fourth-order valence-corrected chi connectivity index (χ4v) is 11.7. The van der Waals surface area contributed by atoms with Gasteiger partial charge in [-0.2, -0.15) is 0 Å². The summed E-state index contributed by atoms with van der Waals surface area (Å²) in [5.41, 5.74) is 0. The first-order chi connectivity index (χ1) is 49.7. The topological polar surface area (TPSA) is 237 Å². The highest BCUT2D eigenvalue weighted by Crippen LogP contribution is 2.45. The highest BCUT2D eigenvalue weighted by molar-refractivity contribution is 7.47. The summed E-state index contributed by atoms with van der Waals surface area (Å²) in [5, 5.41) is 10.6. The monoisotopic (exact) mass is 1470 g/mol. The Bertz CT molecular complexity index is 2460. The SMILES string of the molecule is CC/C=C\C/C=C\C/C=C\C/C=C\C/C=C\CCCCCC(=O)OCC(COP(=O)(O)OCC(O)COP(=O)(O)OCC(COC(=O)CCCCCCC/C=C\CCCCCCCC)OC(=O)CCCCCCC/C=C\C/C=C\CCC)OC(=O)CCCCCCC/C=C\C/C=C\C/C=C\CC. The predicted molar refractivity (Wildman–Crippen MR) is 418 cm³/mol. The van der Waals surface area contributed by atoms with Crippen LogP contribution in [0.15, 0.2) is 134 Å². The van der Waals surface area contributed by atoms with E-state index >= 15 is 0 Å². The molecule has 5 unspecified atom stereocenters. The Hall–Kier alpha value is -4.80. The van der Waals surface area contributed by atoms with Gasteiger partial charge in [0.2, 0.25) is 0 Å². The van der Waals surface area contributed by atoms with Crippen molar-refractivity contribution in [3.8, 4) is 0 Å². The number of ether oxygens (including phenoxy) is 4. The summed E-state index contributed by atoms with van der Waals surface area (Å²) < 4.78 is 68.5. The third-order valence-electron chi connectivity index (χ3n) is 16.1. The van der Waals surface area contributed by atoms with Crippen LogP contribution in [0.5, 0.6) is 0 Å². The average Bonchev–Trinajstić information content (AvgIpc) is 0.924. The zero-order chi connectivity index (χ0) is 74.6. The minimum absolute atomic E-state index is 0.0639. The minimum atomic E-state index is -4.99. The quantitative estimate of drug-likeness (QED) is 0.0169. The van der Waals surface area contributed by atoms with E-state index in [1.54, 1.807) is 0 Å². The van der Waals surface area contributed by atoms with Gasteiger partial charge in [0.25, 0.3) is 0 Å². The van der Waals surface area contributed by atoms with Crippen LogP contribution in [-0.4, -0.2) is 96.7 Å². The molecule has 0 bridgehead atoms. The van der Waals surface area contributed by atoms with Crippen LogP contribution in [0.2, 0.25) is 0 Å². The van der Waals surface area contributed by atoms with Gasteiger partial charge in [0.1, 0.15) is 19.3 Å². The van der Waals surface area contributed by atoms with E-state index in [1.165, 1.54) is 38.5 Å². The van der Waals surface area contributed by atoms with Gasteiger partial charge in [-0.25, -0.2) is 9.13 Å². The molecule has 0 fully saturated rings. The minimum Gasteiger partial charge on any atom is -0.462 e. The Labute approximate surface area is 618 Å². The third kappa shape index (κ3) is 73.5. The maximum atomic E-state index is 13.1. The Kier molecular flexibility index (Phi) is 71.0. The lowest BCUT2D eigenvalue weighted by atomic mass is 10.1. The molecule has 0 aromatic heterocycles. The number of aliphatic hydroxyl groups excluding tert-OH is 1. The summed E-state index contributed by atoms with van der Waals surface area (Å²) in [6, 6.07) is 0. The largest absolute Gasteiger partial charge is 0.472 e. The van der Waals surface area contributed by atoms with Crippen molar-refractivity contribution in [1.82, 2.24) is 0 Å². The first-order valence-corrected chi connectivity index (χ1v) is 42.4. The Balaban J connectivity index is 5.41. The van der Waals surface area contributed by atoms with E-state index in [9.17, 15) is 43.2 Å². The van der Waals surface area contributed by atoms with E-state index in [1.807, 2.05) is 0 Å². The molecule has 102 heavy (non-hydrogen) atoms. The number of carbonyl (C=O) groups is 4. The molecule has 17 nitrogen and oxygen atoms in total. The van der Waals surface area contributed by atoms with Crippen molar-refractivity contribution in [3.63, 3.8) is 0 Å². The second kappa shape index (κ2) is 74.5. The van der Waals surface area contributed by atoms with E-state index in [0.717, 1.165) is 193 Å². The third-order valence-corrected chi connectivity index (χ3v) is 18.0. The van der Waals surface area contributed by atoms with Crippen molar-refractivity contribution in [3.05, 3.63) is 134 Å². The Morgan fingerprint density at radius 2 is 0.529 bits per heavy atom. The summed E-state index contributed by atoms with van der Waals surface area (Å²) in [6.07, 6.45) is 82.9. The Morgan fingerprint density at radius 3 is 0.843 bits per heavy atom. The second-order valence-corrected chi connectivity index (χ2v) is 28.8. The van der Waals surface area contributed by atoms with Crippen LogP contribution in [0.3, 0.4) is 0 Å². The molecule has 0 saturated heterocycles. The Morgan fingerprint density at radius 1 is 0.284 bits per heavy atom. The molecular formula is C83H140O17P2. The number of carbonyl (C=O) groups excluding carboxylic acids is 4. The first kappa shape index (κ1) is 97.2. The summed E-state index contributed by atoms with van der Waals surface area (Å²) in [6.45, 7) is 4.50. The molecule has 0 aliphatic carbocycles. The lowest BCUT2D eigenvalue weighted by Crippen LogP contribution is -2.30. The van der Waals surface area contributed by atoms with Crippen molar-refractivity contribution in [1.29, 1.82) is 0 Å². The molecule has 0 radical (unpaired) electrons. The van der Waals surface area contributed by atoms with Crippen molar-refractivity contribution in [2.24, 2.45) is 0 Å². The van der Waals surface area contributed by atoms with Gasteiger partial charge in [-0.15, -0.1) is 0 Å². The number of allylic oxidation sites excluding steroid dienone is 22. The maximum absolute atomic E-state index is 13.1. The van der Waals surface area contributed by atoms with Crippen molar-refractivity contribution in [2.45, 2.75) is 329 Å².